The fraction of sp³-hybridized carbons (Fsp3) is 0.421. The fourth-order valence-electron chi connectivity index (χ4n) is 2.84. The molecule has 1 amide bonds. The lowest BCUT2D eigenvalue weighted by atomic mass is 10.0. The smallest absolute Gasteiger partial charge is 0.434 e. The number of fused-ring (bicyclic) bond motifs is 1. The molecule has 2 aromatic rings. The van der Waals surface area contributed by atoms with E-state index in [1.807, 2.05) is 32.9 Å². The van der Waals surface area contributed by atoms with Gasteiger partial charge in [-0.3, -0.25) is 4.84 Å². The number of benzene rings is 2. The van der Waals surface area contributed by atoms with Crippen LogP contribution in [0.5, 0.6) is 0 Å². The number of hydrogen-bond acceptors (Lipinski definition) is 3. The van der Waals surface area contributed by atoms with E-state index in [9.17, 15) is 4.79 Å². The van der Waals surface area contributed by atoms with E-state index < -0.39 is 11.7 Å². The highest BCUT2D eigenvalue weighted by Crippen LogP contribution is 2.24. The molecule has 4 heteroatoms. The summed E-state index contributed by atoms with van der Waals surface area (Å²) < 4.78 is 5.42. The van der Waals surface area contributed by atoms with Gasteiger partial charge in [0.05, 0.1) is 12.6 Å². The minimum absolute atomic E-state index is 0.0195. The largest absolute Gasteiger partial charge is 0.442 e. The first-order valence-corrected chi connectivity index (χ1v) is 8.05. The summed E-state index contributed by atoms with van der Waals surface area (Å²) in [5, 5.41) is 3.84. The summed E-state index contributed by atoms with van der Waals surface area (Å²) in [6, 6.07) is 14.7. The Morgan fingerprint density at radius 2 is 1.96 bits per heavy atom. The van der Waals surface area contributed by atoms with Gasteiger partial charge in [0.1, 0.15) is 5.60 Å². The number of nitrogens with zero attached hydrogens (tertiary/aromatic N) is 1. The molecule has 23 heavy (non-hydrogen) atoms. The van der Waals surface area contributed by atoms with Crippen LogP contribution in [-0.4, -0.2) is 29.4 Å². The summed E-state index contributed by atoms with van der Waals surface area (Å²) >= 11 is 0. The van der Waals surface area contributed by atoms with Crippen LogP contribution in [0.2, 0.25) is 0 Å². The Morgan fingerprint density at radius 1 is 1.22 bits per heavy atom. The van der Waals surface area contributed by atoms with Crippen LogP contribution in [0.3, 0.4) is 0 Å². The average molecular weight is 313 g/mol. The fourth-order valence-corrected chi connectivity index (χ4v) is 2.84. The SMILES string of the molecule is CC(C)(C)OC(=O)N1OCCC1Cc1ccc2ccccc2c1. The number of amides is 1. The molecule has 1 atom stereocenters. The van der Waals surface area contributed by atoms with Crippen molar-refractivity contribution in [3.05, 3.63) is 48.0 Å². The number of hydrogen-bond donors (Lipinski definition) is 0. The van der Waals surface area contributed by atoms with Gasteiger partial charge in [-0.15, -0.1) is 0 Å². The summed E-state index contributed by atoms with van der Waals surface area (Å²) in [6.45, 7) is 6.13. The quantitative estimate of drug-likeness (QED) is 0.828. The first kappa shape index (κ1) is 15.8. The molecule has 3 rings (SSSR count). The molecule has 0 N–H and O–H groups in total. The predicted octanol–water partition coefficient (Wildman–Crippen LogP) is 4.32. The molecule has 1 saturated heterocycles. The summed E-state index contributed by atoms with van der Waals surface area (Å²) in [7, 11) is 0. The molecule has 1 heterocycles. The van der Waals surface area contributed by atoms with E-state index in [2.05, 4.69) is 30.3 Å². The highest BCUT2D eigenvalue weighted by Gasteiger charge is 2.33. The van der Waals surface area contributed by atoms with Crippen LogP contribution in [0, 0.1) is 0 Å². The van der Waals surface area contributed by atoms with Crippen LogP contribution < -0.4 is 0 Å². The molecule has 0 bridgehead atoms. The molecule has 0 spiro atoms. The molecule has 1 unspecified atom stereocenters. The van der Waals surface area contributed by atoms with E-state index in [0.29, 0.717) is 6.61 Å². The summed E-state index contributed by atoms with van der Waals surface area (Å²) in [6.07, 6.45) is 1.19. The van der Waals surface area contributed by atoms with E-state index in [-0.39, 0.29) is 6.04 Å². The molecule has 1 aliphatic rings. The topological polar surface area (TPSA) is 38.8 Å². The second-order valence-corrected chi connectivity index (χ2v) is 6.97. The maximum absolute atomic E-state index is 12.3. The van der Waals surface area contributed by atoms with Gasteiger partial charge in [0.25, 0.3) is 0 Å². The second kappa shape index (κ2) is 6.20. The highest BCUT2D eigenvalue weighted by atomic mass is 16.7. The van der Waals surface area contributed by atoms with Crippen molar-refractivity contribution in [2.24, 2.45) is 0 Å². The third-order valence-corrected chi connectivity index (χ3v) is 3.87. The minimum atomic E-state index is -0.517. The molecule has 2 aromatic carbocycles. The summed E-state index contributed by atoms with van der Waals surface area (Å²) in [4.78, 5) is 17.7. The minimum Gasteiger partial charge on any atom is -0.442 e. The lowest BCUT2D eigenvalue weighted by molar-refractivity contribution is -0.124. The third kappa shape index (κ3) is 3.82. The van der Waals surface area contributed by atoms with Gasteiger partial charge in [-0.25, -0.2) is 4.79 Å². The highest BCUT2D eigenvalue weighted by molar-refractivity contribution is 5.83. The zero-order valence-corrected chi connectivity index (χ0v) is 13.9. The van der Waals surface area contributed by atoms with Gasteiger partial charge in [0.2, 0.25) is 0 Å². The first-order chi connectivity index (χ1) is 10.9. The standard InChI is InChI=1S/C19H23NO3/c1-19(2,3)23-18(21)20-17(10-11-22-20)13-14-8-9-15-6-4-5-7-16(15)12-14/h4-9,12,17H,10-11,13H2,1-3H3. The van der Waals surface area contributed by atoms with Gasteiger partial charge in [-0.05, 0) is 49.9 Å². The molecule has 1 aliphatic heterocycles. The monoisotopic (exact) mass is 313 g/mol. The summed E-state index contributed by atoms with van der Waals surface area (Å²) in [5.41, 5.74) is 0.684. The Bertz CT molecular complexity index is 705. The van der Waals surface area contributed by atoms with Crippen LogP contribution in [0.25, 0.3) is 10.8 Å². The molecular weight excluding hydrogens is 290 g/mol. The molecule has 0 saturated carbocycles. The van der Waals surface area contributed by atoms with Gasteiger partial charge < -0.3 is 4.74 Å². The molecule has 1 fully saturated rings. The van der Waals surface area contributed by atoms with Crippen LogP contribution in [-0.2, 0) is 16.0 Å². The molecule has 0 aromatic heterocycles. The van der Waals surface area contributed by atoms with Gasteiger partial charge in [-0.2, -0.15) is 5.06 Å². The Morgan fingerprint density at radius 3 is 2.70 bits per heavy atom. The van der Waals surface area contributed by atoms with Crippen molar-refractivity contribution < 1.29 is 14.4 Å². The zero-order valence-electron chi connectivity index (χ0n) is 13.9. The number of hydroxylamine groups is 2. The Labute approximate surface area is 136 Å². The lowest BCUT2D eigenvalue weighted by Gasteiger charge is -2.27. The number of ether oxygens (including phenoxy) is 1. The first-order valence-electron chi connectivity index (χ1n) is 8.05. The van der Waals surface area contributed by atoms with Crippen molar-refractivity contribution in [2.75, 3.05) is 6.61 Å². The molecule has 0 aliphatic carbocycles. The summed E-state index contributed by atoms with van der Waals surface area (Å²) in [5.74, 6) is 0. The van der Waals surface area contributed by atoms with E-state index in [1.165, 1.54) is 21.4 Å². The van der Waals surface area contributed by atoms with E-state index in [4.69, 9.17) is 9.57 Å². The van der Waals surface area contributed by atoms with E-state index in [1.54, 1.807) is 0 Å². The van der Waals surface area contributed by atoms with Crippen LogP contribution >= 0.6 is 0 Å². The molecular formula is C19H23NO3. The van der Waals surface area contributed by atoms with Crippen molar-refractivity contribution in [3.63, 3.8) is 0 Å². The van der Waals surface area contributed by atoms with Gasteiger partial charge in [-0.1, -0.05) is 42.5 Å². The Balaban J connectivity index is 1.73. The second-order valence-electron chi connectivity index (χ2n) is 6.97. The number of rotatable bonds is 2. The molecule has 0 radical (unpaired) electrons. The number of carbonyl (C=O) groups is 1. The van der Waals surface area contributed by atoms with Crippen molar-refractivity contribution in [2.45, 2.75) is 45.3 Å². The molecule has 122 valence electrons. The Hall–Kier alpha value is -2.07. The third-order valence-electron chi connectivity index (χ3n) is 3.87. The number of carbonyl (C=O) groups excluding carboxylic acids is 1. The van der Waals surface area contributed by atoms with Crippen LogP contribution in [0.4, 0.5) is 4.79 Å². The lowest BCUT2D eigenvalue weighted by Crippen LogP contribution is -2.39. The van der Waals surface area contributed by atoms with Gasteiger partial charge in [0, 0.05) is 0 Å². The Kier molecular flexibility index (Phi) is 4.26. The van der Waals surface area contributed by atoms with E-state index in [0.717, 1.165) is 12.8 Å². The average Bonchev–Trinajstić information content (AvgIpc) is 2.93. The van der Waals surface area contributed by atoms with Crippen LogP contribution in [0.15, 0.2) is 42.5 Å². The molecule has 4 nitrogen and oxygen atoms in total. The van der Waals surface area contributed by atoms with Gasteiger partial charge in [0.15, 0.2) is 0 Å². The maximum atomic E-state index is 12.3. The van der Waals surface area contributed by atoms with Gasteiger partial charge >= 0.3 is 6.09 Å². The maximum Gasteiger partial charge on any atom is 0.434 e. The van der Waals surface area contributed by atoms with E-state index >= 15 is 0 Å². The van der Waals surface area contributed by atoms with Crippen molar-refractivity contribution in [1.29, 1.82) is 0 Å². The predicted molar refractivity (Wildman–Crippen MR) is 90.1 cm³/mol. The normalized spacial score (nSPS) is 18.4. The van der Waals surface area contributed by atoms with Crippen molar-refractivity contribution in [3.8, 4) is 0 Å². The van der Waals surface area contributed by atoms with Crippen molar-refractivity contribution in [1.82, 2.24) is 5.06 Å². The van der Waals surface area contributed by atoms with Crippen LogP contribution in [0.1, 0.15) is 32.8 Å². The zero-order chi connectivity index (χ0) is 16.4. The van der Waals surface area contributed by atoms with Crippen molar-refractivity contribution >= 4 is 16.9 Å².